The molecule has 0 radical (unpaired) electrons. The van der Waals surface area contributed by atoms with Crippen molar-refractivity contribution in [2.45, 2.75) is 20.0 Å². The topological polar surface area (TPSA) is 89.8 Å². The highest BCUT2D eigenvalue weighted by atomic mass is 19.1. The molecule has 0 aromatic heterocycles. The normalized spacial score (nSPS) is 13.5. The first-order valence-corrected chi connectivity index (χ1v) is 5.57. The van der Waals surface area contributed by atoms with Gasteiger partial charge < -0.3 is 10.2 Å². The van der Waals surface area contributed by atoms with Crippen LogP contribution in [0.3, 0.4) is 0 Å². The van der Waals surface area contributed by atoms with Crippen molar-refractivity contribution in [2.24, 2.45) is 5.41 Å². The highest BCUT2D eigenvalue weighted by Crippen LogP contribution is 2.35. The van der Waals surface area contributed by atoms with E-state index in [1.807, 2.05) is 0 Å². The summed E-state index contributed by atoms with van der Waals surface area (Å²) < 4.78 is 13.2. The number of rotatable bonds is 4. The van der Waals surface area contributed by atoms with Crippen LogP contribution in [0.4, 0.5) is 4.39 Å². The average molecular weight is 269 g/mol. The number of carbonyl (C=O) groups excluding carboxylic acids is 1. The van der Waals surface area contributed by atoms with Crippen molar-refractivity contribution < 1.29 is 24.6 Å². The lowest BCUT2D eigenvalue weighted by molar-refractivity contribution is -0.124. The van der Waals surface area contributed by atoms with Crippen molar-refractivity contribution >= 4 is 5.91 Å². The lowest BCUT2D eigenvalue weighted by Gasteiger charge is -2.27. The van der Waals surface area contributed by atoms with Crippen LogP contribution in [-0.2, 0) is 4.79 Å². The molecule has 0 saturated heterocycles. The van der Waals surface area contributed by atoms with Gasteiger partial charge in [-0.2, -0.15) is 0 Å². The van der Waals surface area contributed by atoms with E-state index < -0.39 is 29.0 Å². The average Bonchev–Trinajstić information content (AvgIpc) is 2.38. The molecule has 0 aliphatic heterocycles. The van der Waals surface area contributed by atoms with E-state index in [4.69, 9.17) is 10.3 Å². The molecule has 0 heterocycles. The molecule has 5 nitrogen and oxygen atoms in total. The van der Waals surface area contributed by atoms with Gasteiger partial charge >= 0.3 is 0 Å². The number of phenolic OH excluding ortho intramolecular Hbond substituents is 1. The zero-order valence-corrected chi connectivity index (χ0v) is 10.6. The molecule has 0 aliphatic rings. The minimum absolute atomic E-state index is 0.273. The molecule has 0 aliphatic carbocycles. The predicted molar refractivity (Wildman–Crippen MR) is 65.9 cm³/mol. The monoisotopic (exact) mass is 269 g/mol. The first kappa shape index (κ1) is 15.1. The Balaban J connectivity index is 2.96. The van der Waals surface area contributed by atoms with Crippen molar-refractivity contribution in [3.05, 3.63) is 41.7 Å². The molecule has 0 bridgehead atoms. The second-order valence-electron chi connectivity index (χ2n) is 4.74. The summed E-state index contributed by atoms with van der Waals surface area (Å²) in [4.78, 5) is 10.9. The van der Waals surface area contributed by atoms with E-state index in [-0.39, 0.29) is 5.56 Å². The minimum atomic E-state index is -1.08. The Morgan fingerprint density at radius 1 is 1.47 bits per heavy atom. The van der Waals surface area contributed by atoms with Crippen LogP contribution in [-0.4, -0.2) is 21.3 Å². The second kappa shape index (κ2) is 5.81. The summed E-state index contributed by atoms with van der Waals surface area (Å²) in [5, 5.41) is 27.6. The molecule has 1 atom stereocenters. The number of aromatic hydroxyl groups is 1. The number of hydroxylamine groups is 1. The summed E-state index contributed by atoms with van der Waals surface area (Å²) in [6.07, 6.45) is 1.39. The number of carbonyl (C=O) groups is 1. The summed E-state index contributed by atoms with van der Waals surface area (Å²) in [6, 6.07) is 3.57. The maximum absolute atomic E-state index is 13.2. The largest absolute Gasteiger partial charge is 0.505 e. The maximum atomic E-state index is 13.2. The molecule has 1 aromatic rings. The molecular weight excluding hydrogens is 253 g/mol. The molecule has 0 saturated carbocycles. The summed E-state index contributed by atoms with van der Waals surface area (Å²) in [6.45, 7) is 3.28. The smallest absolute Gasteiger partial charge is 0.267 e. The number of amides is 1. The Bertz CT molecular complexity index is 499. The fourth-order valence-electron chi connectivity index (χ4n) is 1.54. The van der Waals surface area contributed by atoms with E-state index in [0.29, 0.717) is 0 Å². The zero-order valence-electron chi connectivity index (χ0n) is 10.6. The molecule has 19 heavy (non-hydrogen) atoms. The van der Waals surface area contributed by atoms with Gasteiger partial charge in [0.1, 0.15) is 0 Å². The minimum Gasteiger partial charge on any atom is -0.505 e. The zero-order chi connectivity index (χ0) is 14.6. The number of hydrogen-bond donors (Lipinski definition) is 4. The summed E-state index contributed by atoms with van der Waals surface area (Å²) in [5.74, 6) is -2.05. The predicted octanol–water partition coefficient (Wildman–Crippen LogP) is 1.65. The third-order valence-corrected chi connectivity index (χ3v) is 2.77. The van der Waals surface area contributed by atoms with Crippen molar-refractivity contribution in [3.8, 4) is 5.75 Å². The molecule has 1 aromatic carbocycles. The van der Waals surface area contributed by atoms with Gasteiger partial charge in [0.2, 0.25) is 0 Å². The Morgan fingerprint density at radius 3 is 2.63 bits per heavy atom. The SMILES string of the molecule is CC(C)(/C=C/C(=O)NO)[C@@H](O)c1ccc(O)c(F)c1. The number of aliphatic hydroxyl groups excluding tert-OH is 1. The van der Waals surface area contributed by atoms with Crippen LogP contribution in [0.2, 0.25) is 0 Å². The number of nitrogens with one attached hydrogen (secondary N) is 1. The molecule has 1 amide bonds. The van der Waals surface area contributed by atoms with E-state index in [0.717, 1.165) is 18.2 Å². The van der Waals surface area contributed by atoms with Gasteiger partial charge in [-0.05, 0) is 17.7 Å². The van der Waals surface area contributed by atoms with Crippen molar-refractivity contribution in [3.63, 3.8) is 0 Å². The number of benzene rings is 1. The summed E-state index contributed by atoms with van der Waals surface area (Å²) in [7, 11) is 0. The Labute approximate surface area is 110 Å². The molecule has 0 spiro atoms. The van der Waals surface area contributed by atoms with Crippen LogP contribution in [0, 0.1) is 11.2 Å². The number of aliphatic hydroxyl groups is 1. The number of hydrogen-bond acceptors (Lipinski definition) is 4. The van der Waals surface area contributed by atoms with Crippen molar-refractivity contribution in [1.82, 2.24) is 5.48 Å². The van der Waals surface area contributed by atoms with E-state index in [1.54, 1.807) is 13.8 Å². The fraction of sp³-hybridized carbons (Fsp3) is 0.308. The van der Waals surface area contributed by atoms with Crippen LogP contribution >= 0.6 is 0 Å². The van der Waals surface area contributed by atoms with E-state index >= 15 is 0 Å². The van der Waals surface area contributed by atoms with Crippen molar-refractivity contribution in [1.29, 1.82) is 0 Å². The van der Waals surface area contributed by atoms with Crippen LogP contribution in [0.5, 0.6) is 5.75 Å². The van der Waals surface area contributed by atoms with Gasteiger partial charge in [0.15, 0.2) is 11.6 Å². The summed E-state index contributed by atoms with van der Waals surface area (Å²) in [5.41, 5.74) is 0.840. The lowest BCUT2D eigenvalue weighted by atomic mass is 9.82. The standard InChI is InChI=1S/C13H16FNO4/c1-13(2,6-5-11(17)15-19)12(18)8-3-4-10(16)9(14)7-8/h3-7,12,16,18-19H,1-2H3,(H,15,17)/b6-5+/t12-/m0/s1. The number of phenols is 1. The molecule has 4 N–H and O–H groups in total. The first-order valence-electron chi connectivity index (χ1n) is 5.57. The molecule has 0 fully saturated rings. The third-order valence-electron chi connectivity index (χ3n) is 2.77. The van der Waals surface area contributed by atoms with Gasteiger partial charge in [0, 0.05) is 11.5 Å². The third kappa shape index (κ3) is 3.77. The van der Waals surface area contributed by atoms with Gasteiger partial charge in [-0.25, -0.2) is 9.87 Å². The van der Waals surface area contributed by atoms with Gasteiger partial charge in [0.05, 0.1) is 6.10 Å². The molecule has 6 heteroatoms. The Hall–Kier alpha value is -1.92. The fourth-order valence-corrected chi connectivity index (χ4v) is 1.54. The van der Waals surface area contributed by atoms with E-state index in [2.05, 4.69) is 0 Å². The first-order chi connectivity index (χ1) is 8.77. The van der Waals surface area contributed by atoms with Gasteiger partial charge in [-0.3, -0.25) is 10.0 Å². The van der Waals surface area contributed by atoms with E-state index in [1.165, 1.54) is 17.6 Å². The molecule has 0 unspecified atom stereocenters. The second-order valence-corrected chi connectivity index (χ2v) is 4.74. The quantitative estimate of drug-likeness (QED) is 0.380. The van der Waals surface area contributed by atoms with Crippen LogP contribution < -0.4 is 5.48 Å². The maximum Gasteiger partial charge on any atom is 0.267 e. The molecular formula is C13H16FNO4. The van der Waals surface area contributed by atoms with Gasteiger partial charge in [-0.1, -0.05) is 26.0 Å². The summed E-state index contributed by atoms with van der Waals surface area (Å²) >= 11 is 0. The van der Waals surface area contributed by atoms with E-state index in [9.17, 15) is 14.3 Å². The highest BCUT2D eigenvalue weighted by molar-refractivity contribution is 5.86. The Kier molecular flexibility index (Phi) is 4.63. The van der Waals surface area contributed by atoms with Crippen LogP contribution in [0.15, 0.2) is 30.4 Å². The molecule has 1 rings (SSSR count). The lowest BCUT2D eigenvalue weighted by Crippen LogP contribution is -2.22. The van der Waals surface area contributed by atoms with Gasteiger partial charge in [-0.15, -0.1) is 0 Å². The highest BCUT2D eigenvalue weighted by Gasteiger charge is 2.27. The number of halogens is 1. The van der Waals surface area contributed by atoms with Crippen LogP contribution in [0.1, 0.15) is 25.5 Å². The van der Waals surface area contributed by atoms with Gasteiger partial charge in [0.25, 0.3) is 5.91 Å². The molecule has 104 valence electrons. The Morgan fingerprint density at radius 2 is 2.11 bits per heavy atom. The van der Waals surface area contributed by atoms with Crippen molar-refractivity contribution in [2.75, 3.05) is 0 Å². The van der Waals surface area contributed by atoms with Crippen LogP contribution in [0.25, 0.3) is 0 Å².